The standard InChI is InChI=1S/C13H26N2O/c1-5-12(14-7-3)13(4,6-2)15-8-10-16-11-9-15/h5,12,14H,1,6-11H2,2-4H3. The lowest BCUT2D eigenvalue weighted by Gasteiger charge is -2.47. The summed E-state index contributed by atoms with van der Waals surface area (Å²) in [5.41, 5.74) is 0.154. The summed E-state index contributed by atoms with van der Waals surface area (Å²) >= 11 is 0. The molecule has 1 saturated heterocycles. The van der Waals surface area contributed by atoms with Crippen molar-refractivity contribution in [2.24, 2.45) is 0 Å². The Balaban J connectivity index is 2.75. The predicted octanol–water partition coefficient (Wildman–Crippen LogP) is 1.65. The van der Waals surface area contributed by atoms with Crippen LogP contribution in [0, 0.1) is 0 Å². The molecule has 0 bridgehead atoms. The van der Waals surface area contributed by atoms with E-state index in [0.29, 0.717) is 6.04 Å². The van der Waals surface area contributed by atoms with E-state index in [1.165, 1.54) is 0 Å². The molecule has 94 valence electrons. The van der Waals surface area contributed by atoms with E-state index in [4.69, 9.17) is 4.74 Å². The molecule has 1 aliphatic heterocycles. The van der Waals surface area contributed by atoms with Crippen LogP contribution in [0.15, 0.2) is 12.7 Å². The molecule has 1 N–H and O–H groups in total. The van der Waals surface area contributed by atoms with E-state index in [1.807, 2.05) is 6.08 Å². The molecule has 2 unspecified atom stereocenters. The van der Waals surface area contributed by atoms with Gasteiger partial charge >= 0.3 is 0 Å². The Morgan fingerprint density at radius 3 is 2.50 bits per heavy atom. The van der Waals surface area contributed by atoms with E-state index in [0.717, 1.165) is 39.3 Å². The second-order valence-electron chi connectivity index (χ2n) is 4.58. The monoisotopic (exact) mass is 226 g/mol. The predicted molar refractivity (Wildman–Crippen MR) is 68.7 cm³/mol. The van der Waals surface area contributed by atoms with Gasteiger partial charge in [0, 0.05) is 24.7 Å². The van der Waals surface area contributed by atoms with Crippen molar-refractivity contribution in [2.45, 2.75) is 38.8 Å². The van der Waals surface area contributed by atoms with Crippen molar-refractivity contribution in [3.63, 3.8) is 0 Å². The zero-order chi connectivity index (χ0) is 12.0. The highest BCUT2D eigenvalue weighted by Crippen LogP contribution is 2.25. The smallest absolute Gasteiger partial charge is 0.0594 e. The molecular weight excluding hydrogens is 200 g/mol. The highest BCUT2D eigenvalue weighted by atomic mass is 16.5. The molecule has 0 aromatic rings. The van der Waals surface area contributed by atoms with Crippen LogP contribution in [0.2, 0.25) is 0 Å². The zero-order valence-corrected chi connectivity index (χ0v) is 11.0. The number of morpholine rings is 1. The Morgan fingerprint density at radius 2 is 2.06 bits per heavy atom. The van der Waals surface area contributed by atoms with Crippen LogP contribution in [-0.4, -0.2) is 49.3 Å². The molecule has 3 nitrogen and oxygen atoms in total. The van der Waals surface area contributed by atoms with Crippen molar-refractivity contribution in [1.29, 1.82) is 0 Å². The van der Waals surface area contributed by atoms with Gasteiger partial charge in [-0.25, -0.2) is 0 Å². The highest BCUT2D eigenvalue weighted by Gasteiger charge is 2.36. The van der Waals surface area contributed by atoms with Crippen molar-refractivity contribution in [3.8, 4) is 0 Å². The van der Waals surface area contributed by atoms with Crippen molar-refractivity contribution in [1.82, 2.24) is 10.2 Å². The van der Waals surface area contributed by atoms with Crippen molar-refractivity contribution < 1.29 is 4.74 Å². The molecule has 0 spiro atoms. The summed E-state index contributed by atoms with van der Waals surface area (Å²) in [5.74, 6) is 0. The van der Waals surface area contributed by atoms with E-state index in [1.54, 1.807) is 0 Å². The third-order valence-electron chi connectivity index (χ3n) is 3.78. The second kappa shape index (κ2) is 6.38. The molecule has 1 rings (SSSR count). The molecule has 0 amide bonds. The first-order chi connectivity index (χ1) is 7.69. The van der Waals surface area contributed by atoms with Gasteiger partial charge in [-0.1, -0.05) is 19.9 Å². The van der Waals surface area contributed by atoms with Gasteiger partial charge in [-0.05, 0) is 19.9 Å². The summed E-state index contributed by atoms with van der Waals surface area (Å²) in [6.45, 7) is 15.4. The Kier molecular flexibility index (Phi) is 5.46. The summed E-state index contributed by atoms with van der Waals surface area (Å²) in [6.07, 6.45) is 3.17. The first-order valence-corrected chi connectivity index (χ1v) is 6.37. The first kappa shape index (κ1) is 13.7. The average Bonchev–Trinajstić information content (AvgIpc) is 2.36. The van der Waals surface area contributed by atoms with Crippen LogP contribution in [0.5, 0.6) is 0 Å². The van der Waals surface area contributed by atoms with Crippen molar-refractivity contribution in [2.75, 3.05) is 32.8 Å². The van der Waals surface area contributed by atoms with Gasteiger partial charge in [0.05, 0.1) is 13.2 Å². The molecule has 1 aliphatic rings. The topological polar surface area (TPSA) is 24.5 Å². The minimum Gasteiger partial charge on any atom is -0.379 e. The Morgan fingerprint density at radius 1 is 1.44 bits per heavy atom. The van der Waals surface area contributed by atoms with Gasteiger partial charge in [-0.15, -0.1) is 6.58 Å². The number of nitrogens with one attached hydrogen (secondary N) is 1. The summed E-state index contributed by atoms with van der Waals surface area (Å²) in [7, 11) is 0. The lowest BCUT2D eigenvalue weighted by molar-refractivity contribution is -0.0259. The fraction of sp³-hybridized carbons (Fsp3) is 0.846. The number of hydrogen-bond acceptors (Lipinski definition) is 3. The van der Waals surface area contributed by atoms with Gasteiger partial charge in [0.1, 0.15) is 0 Å². The van der Waals surface area contributed by atoms with Gasteiger partial charge in [-0.2, -0.15) is 0 Å². The molecule has 16 heavy (non-hydrogen) atoms. The van der Waals surface area contributed by atoms with Crippen LogP contribution in [0.1, 0.15) is 27.2 Å². The minimum atomic E-state index is 0.154. The maximum absolute atomic E-state index is 5.42. The molecule has 1 fully saturated rings. The van der Waals surface area contributed by atoms with E-state index in [9.17, 15) is 0 Å². The third-order valence-corrected chi connectivity index (χ3v) is 3.78. The first-order valence-electron chi connectivity index (χ1n) is 6.37. The van der Waals surface area contributed by atoms with Crippen LogP contribution >= 0.6 is 0 Å². The molecule has 2 atom stereocenters. The summed E-state index contributed by atoms with van der Waals surface area (Å²) in [5, 5.41) is 3.52. The number of ether oxygens (including phenoxy) is 1. The van der Waals surface area contributed by atoms with Gasteiger partial charge < -0.3 is 10.1 Å². The zero-order valence-electron chi connectivity index (χ0n) is 11.0. The Labute approximate surface area is 99.8 Å². The number of nitrogens with zero attached hydrogens (tertiary/aromatic N) is 1. The third kappa shape index (κ3) is 2.84. The Hall–Kier alpha value is -0.380. The van der Waals surface area contributed by atoms with E-state index in [2.05, 4.69) is 37.6 Å². The molecule has 0 aromatic heterocycles. The van der Waals surface area contributed by atoms with E-state index >= 15 is 0 Å². The number of rotatable bonds is 6. The molecule has 0 saturated carbocycles. The quantitative estimate of drug-likeness (QED) is 0.697. The number of hydrogen-bond donors (Lipinski definition) is 1. The maximum Gasteiger partial charge on any atom is 0.0594 e. The molecule has 0 aromatic carbocycles. The van der Waals surface area contributed by atoms with E-state index in [-0.39, 0.29) is 5.54 Å². The van der Waals surface area contributed by atoms with Gasteiger partial charge in [0.15, 0.2) is 0 Å². The number of likely N-dealkylation sites (N-methyl/N-ethyl adjacent to an activating group) is 1. The largest absolute Gasteiger partial charge is 0.379 e. The fourth-order valence-electron chi connectivity index (χ4n) is 2.49. The van der Waals surface area contributed by atoms with Gasteiger partial charge in [-0.3, -0.25) is 4.90 Å². The summed E-state index contributed by atoms with van der Waals surface area (Å²) < 4.78 is 5.42. The van der Waals surface area contributed by atoms with Gasteiger partial charge in [0.25, 0.3) is 0 Å². The molecular formula is C13H26N2O. The van der Waals surface area contributed by atoms with Crippen LogP contribution in [0.25, 0.3) is 0 Å². The average molecular weight is 226 g/mol. The van der Waals surface area contributed by atoms with Crippen molar-refractivity contribution >= 4 is 0 Å². The lowest BCUT2D eigenvalue weighted by atomic mass is 9.86. The summed E-state index contributed by atoms with van der Waals surface area (Å²) in [6, 6.07) is 0.348. The molecule has 0 radical (unpaired) electrons. The summed E-state index contributed by atoms with van der Waals surface area (Å²) in [4.78, 5) is 2.53. The molecule has 3 heteroatoms. The van der Waals surface area contributed by atoms with Crippen molar-refractivity contribution in [3.05, 3.63) is 12.7 Å². The fourth-order valence-corrected chi connectivity index (χ4v) is 2.49. The van der Waals surface area contributed by atoms with Crippen LogP contribution in [0.4, 0.5) is 0 Å². The van der Waals surface area contributed by atoms with Crippen LogP contribution in [0.3, 0.4) is 0 Å². The normalized spacial score (nSPS) is 23.7. The second-order valence-corrected chi connectivity index (χ2v) is 4.58. The molecule has 1 heterocycles. The highest BCUT2D eigenvalue weighted by molar-refractivity contribution is 5.05. The maximum atomic E-state index is 5.42. The van der Waals surface area contributed by atoms with E-state index < -0.39 is 0 Å². The van der Waals surface area contributed by atoms with Gasteiger partial charge in [0.2, 0.25) is 0 Å². The van der Waals surface area contributed by atoms with Crippen LogP contribution < -0.4 is 5.32 Å². The SMILES string of the molecule is C=CC(NCC)C(C)(CC)N1CCOCC1. The van der Waals surface area contributed by atoms with Crippen LogP contribution in [-0.2, 0) is 4.74 Å². The Bertz CT molecular complexity index is 214. The molecule has 0 aliphatic carbocycles. The lowest BCUT2D eigenvalue weighted by Crippen LogP contribution is -2.61. The minimum absolute atomic E-state index is 0.154.